The molecular formula is C11H14O3. The van der Waals surface area contributed by atoms with Gasteiger partial charge in [0.1, 0.15) is 5.76 Å². The van der Waals surface area contributed by atoms with Crippen LogP contribution in [0.1, 0.15) is 6.42 Å². The highest BCUT2D eigenvalue weighted by atomic mass is 16.5. The van der Waals surface area contributed by atoms with Crippen LogP contribution in [0.4, 0.5) is 0 Å². The normalized spacial score (nSPS) is 20.3. The lowest BCUT2D eigenvalue weighted by atomic mass is 9.91. The summed E-state index contributed by atoms with van der Waals surface area (Å²) in [4.78, 5) is 11.1. The van der Waals surface area contributed by atoms with Crippen LogP contribution in [0.25, 0.3) is 0 Å². The fraction of sp³-hybridized carbons (Fsp3) is 0.364. The van der Waals surface area contributed by atoms with Crippen LogP contribution in [0.3, 0.4) is 0 Å². The molecule has 1 rings (SSSR count). The Hall–Kier alpha value is -1.51. The number of hydrogen-bond acceptors (Lipinski definition) is 3. The SMILES string of the molecule is C=C1C(OC)=CC=CC1CC(=O)OC. The highest BCUT2D eigenvalue weighted by Gasteiger charge is 2.19. The molecule has 1 atom stereocenters. The van der Waals surface area contributed by atoms with Crippen LogP contribution in [0.15, 0.2) is 36.1 Å². The molecule has 1 aliphatic carbocycles. The van der Waals surface area contributed by atoms with Gasteiger partial charge in [0, 0.05) is 5.92 Å². The molecule has 0 aromatic heterocycles. The maximum absolute atomic E-state index is 11.1. The Morgan fingerprint density at radius 1 is 1.57 bits per heavy atom. The van der Waals surface area contributed by atoms with Crippen LogP contribution in [0, 0.1) is 5.92 Å². The predicted molar refractivity (Wildman–Crippen MR) is 53.5 cm³/mol. The van der Waals surface area contributed by atoms with E-state index < -0.39 is 0 Å². The van der Waals surface area contributed by atoms with Crippen molar-refractivity contribution in [2.45, 2.75) is 6.42 Å². The van der Waals surface area contributed by atoms with Gasteiger partial charge in [0.05, 0.1) is 20.6 Å². The number of allylic oxidation sites excluding steroid dienone is 4. The van der Waals surface area contributed by atoms with E-state index in [1.54, 1.807) is 7.11 Å². The molecule has 0 heterocycles. The van der Waals surface area contributed by atoms with Gasteiger partial charge >= 0.3 is 5.97 Å². The van der Waals surface area contributed by atoms with Gasteiger partial charge in [0.25, 0.3) is 0 Å². The lowest BCUT2D eigenvalue weighted by molar-refractivity contribution is -0.141. The Balaban J connectivity index is 2.66. The first-order valence-corrected chi connectivity index (χ1v) is 4.37. The molecule has 0 N–H and O–H groups in total. The molecule has 1 unspecified atom stereocenters. The second-order valence-electron chi connectivity index (χ2n) is 3.03. The fourth-order valence-corrected chi connectivity index (χ4v) is 1.34. The van der Waals surface area contributed by atoms with Gasteiger partial charge in [-0.2, -0.15) is 0 Å². The zero-order valence-corrected chi connectivity index (χ0v) is 8.45. The highest BCUT2D eigenvalue weighted by Crippen LogP contribution is 2.26. The molecule has 76 valence electrons. The minimum absolute atomic E-state index is 0.0117. The van der Waals surface area contributed by atoms with Gasteiger partial charge in [0.15, 0.2) is 0 Å². The second-order valence-corrected chi connectivity index (χ2v) is 3.03. The largest absolute Gasteiger partial charge is 0.496 e. The molecule has 0 amide bonds. The van der Waals surface area contributed by atoms with Crippen molar-refractivity contribution in [1.82, 2.24) is 0 Å². The first-order chi connectivity index (χ1) is 6.69. The summed E-state index contributed by atoms with van der Waals surface area (Å²) in [7, 11) is 2.97. The van der Waals surface area contributed by atoms with E-state index in [0.29, 0.717) is 6.42 Å². The Labute approximate surface area is 83.7 Å². The average Bonchev–Trinajstić information content (AvgIpc) is 2.21. The molecule has 0 radical (unpaired) electrons. The third kappa shape index (κ3) is 2.25. The van der Waals surface area contributed by atoms with Crippen molar-refractivity contribution < 1.29 is 14.3 Å². The van der Waals surface area contributed by atoms with Gasteiger partial charge in [0.2, 0.25) is 0 Å². The van der Waals surface area contributed by atoms with E-state index in [2.05, 4.69) is 11.3 Å². The van der Waals surface area contributed by atoms with Crippen LogP contribution in [0.5, 0.6) is 0 Å². The van der Waals surface area contributed by atoms with E-state index in [9.17, 15) is 4.79 Å². The average molecular weight is 194 g/mol. The first-order valence-electron chi connectivity index (χ1n) is 4.37. The summed E-state index contributed by atoms with van der Waals surface area (Å²) in [6.45, 7) is 3.88. The number of methoxy groups -OCH3 is 2. The Kier molecular flexibility index (Phi) is 3.51. The minimum Gasteiger partial charge on any atom is -0.496 e. The molecular weight excluding hydrogens is 180 g/mol. The molecule has 0 aromatic rings. The zero-order valence-electron chi connectivity index (χ0n) is 8.45. The molecule has 0 bridgehead atoms. The molecule has 0 spiro atoms. The molecule has 0 aliphatic heterocycles. The number of ether oxygens (including phenoxy) is 2. The fourth-order valence-electron chi connectivity index (χ4n) is 1.34. The van der Waals surface area contributed by atoms with Crippen LogP contribution in [-0.2, 0) is 14.3 Å². The molecule has 0 saturated heterocycles. The summed E-state index contributed by atoms with van der Waals surface area (Å²) < 4.78 is 9.70. The van der Waals surface area contributed by atoms with Crippen LogP contribution in [-0.4, -0.2) is 20.2 Å². The number of carbonyl (C=O) groups is 1. The third-order valence-electron chi connectivity index (χ3n) is 2.19. The van der Waals surface area contributed by atoms with Gasteiger partial charge in [-0.3, -0.25) is 4.79 Å². The maximum Gasteiger partial charge on any atom is 0.306 e. The van der Waals surface area contributed by atoms with Gasteiger partial charge in [-0.15, -0.1) is 0 Å². The van der Waals surface area contributed by atoms with Crippen LogP contribution >= 0.6 is 0 Å². The van der Waals surface area contributed by atoms with Crippen molar-refractivity contribution >= 4 is 5.97 Å². The molecule has 14 heavy (non-hydrogen) atoms. The summed E-state index contributed by atoms with van der Waals surface area (Å²) in [6.07, 6.45) is 5.92. The van der Waals surface area contributed by atoms with Crippen molar-refractivity contribution in [3.63, 3.8) is 0 Å². The third-order valence-corrected chi connectivity index (χ3v) is 2.19. The van der Waals surface area contributed by atoms with Crippen molar-refractivity contribution in [3.8, 4) is 0 Å². The van der Waals surface area contributed by atoms with Crippen molar-refractivity contribution in [3.05, 3.63) is 36.1 Å². The summed E-state index contributed by atoms with van der Waals surface area (Å²) in [5.74, 6) is 0.474. The van der Waals surface area contributed by atoms with E-state index in [1.165, 1.54) is 7.11 Å². The van der Waals surface area contributed by atoms with Crippen LogP contribution in [0.2, 0.25) is 0 Å². The number of hydrogen-bond donors (Lipinski definition) is 0. The summed E-state index contributed by atoms with van der Waals surface area (Å²) >= 11 is 0. The standard InChI is InChI=1S/C11H14O3/c1-8-9(7-11(12)14-3)5-4-6-10(8)13-2/h4-6,9H,1,7H2,2-3H3. The van der Waals surface area contributed by atoms with E-state index in [0.717, 1.165) is 11.3 Å². The summed E-state index contributed by atoms with van der Waals surface area (Å²) in [5, 5.41) is 0. The number of rotatable bonds is 3. The van der Waals surface area contributed by atoms with Crippen molar-refractivity contribution in [2.24, 2.45) is 5.92 Å². The Morgan fingerprint density at radius 2 is 2.29 bits per heavy atom. The zero-order chi connectivity index (χ0) is 10.6. The van der Waals surface area contributed by atoms with Gasteiger partial charge < -0.3 is 9.47 Å². The molecule has 0 saturated carbocycles. The molecule has 0 aromatic carbocycles. The Morgan fingerprint density at radius 3 is 2.86 bits per heavy atom. The lowest BCUT2D eigenvalue weighted by Gasteiger charge is -2.19. The maximum atomic E-state index is 11.1. The topological polar surface area (TPSA) is 35.5 Å². The summed E-state index contributed by atoms with van der Waals surface area (Å²) in [5.41, 5.74) is 0.820. The van der Waals surface area contributed by atoms with Crippen molar-refractivity contribution in [1.29, 1.82) is 0 Å². The van der Waals surface area contributed by atoms with Crippen molar-refractivity contribution in [2.75, 3.05) is 14.2 Å². The predicted octanol–water partition coefficient (Wildman–Crippen LogP) is 1.82. The first kappa shape index (κ1) is 10.6. The van der Waals surface area contributed by atoms with Gasteiger partial charge in [-0.25, -0.2) is 0 Å². The molecule has 1 aliphatic rings. The number of carbonyl (C=O) groups excluding carboxylic acids is 1. The van der Waals surface area contributed by atoms with E-state index >= 15 is 0 Å². The lowest BCUT2D eigenvalue weighted by Crippen LogP contribution is -2.13. The van der Waals surface area contributed by atoms with Gasteiger partial charge in [-0.05, 0) is 11.6 Å². The van der Waals surface area contributed by atoms with E-state index in [4.69, 9.17) is 4.74 Å². The smallest absolute Gasteiger partial charge is 0.306 e. The number of esters is 1. The highest BCUT2D eigenvalue weighted by molar-refractivity contribution is 5.70. The quantitative estimate of drug-likeness (QED) is 0.643. The molecule has 3 nitrogen and oxygen atoms in total. The molecule has 0 fully saturated rings. The Bertz CT molecular complexity index is 300. The van der Waals surface area contributed by atoms with Crippen LogP contribution < -0.4 is 0 Å². The summed E-state index contributed by atoms with van der Waals surface area (Å²) in [6, 6.07) is 0. The van der Waals surface area contributed by atoms with E-state index in [1.807, 2.05) is 18.2 Å². The monoisotopic (exact) mass is 194 g/mol. The second kappa shape index (κ2) is 4.65. The molecule has 3 heteroatoms. The van der Waals surface area contributed by atoms with E-state index in [-0.39, 0.29) is 11.9 Å². The van der Waals surface area contributed by atoms with Gasteiger partial charge in [-0.1, -0.05) is 18.7 Å². The minimum atomic E-state index is -0.238.